The van der Waals surface area contributed by atoms with Crippen LogP contribution in [-0.2, 0) is 11.3 Å². The van der Waals surface area contributed by atoms with E-state index < -0.39 is 6.09 Å². The highest BCUT2D eigenvalue weighted by Crippen LogP contribution is 2.38. The van der Waals surface area contributed by atoms with Crippen LogP contribution in [0.25, 0.3) is 20.5 Å². The van der Waals surface area contributed by atoms with E-state index in [4.69, 9.17) is 15.2 Å². The number of hydrogen-bond donors (Lipinski definition) is 2. The second-order valence-electron chi connectivity index (χ2n) is 7.93. The first-order valence-corrected chi connectivity index (χ1v) is 11.3. The lowest BCUT2D eigenvalue weighted by molar-refractivity contribution is 0.0611. The van der Waals surface area contributed by atoms with Gasteiger partial charge in [-0.3, -0.25) is 0 Å². The molecule has 158 valence electrons. The van der Waals surface area contributed by atoms with E-state index in [1.165, 1.54) is 10.1 Å². The Hall–Kier alpha value is -2.41. The van der Waals surface area contributed by atoms with Crippen LogP contribution in [0.4, 0.5) is 4.79 Å². The summed E-state index contributed by atoms with van der Waals surface area (Å²) in [6, 6.07) is 16.7. The van der Waals surface area contributed by atoms with Gasteiger partial charge in [-0.25, -0.2) is 4.79 Å². The van der Waals surface area contributed by atoms with Crippen molar-refractivity contribution in [3.8, 4) is 16.2 Å². The monoisotopic (exact) mass is 424 g/mol. The Morgan fingerprint density at radius 1 is 1.23 bits per heavy atom. The Labute approximate surface area is 181 Å². The summed E-state index contributed by atoms with van der Waals surface area (Å²) in [5.41, 5.74) is 7.36. The highest BCUT2D eigenvalue weighted by Gasteiger charge is 2.19. The fourth-order valence-corrected chi connectivity index (χ4v) is 5.25. The molecule has 1 fully saturated rings. The highest BCUT2D eigenvalue weighted by molar-refractivity contribution is 7.22. The van der Waals surface area contributed by atoms with Crippen molar-refractivity contribution in [3.63, 3.8) is 0 Å². The molecule has 1 unspecified atom stereocenters. The molecule has 4 rings (SSSR count). The molecule has 0 radical (unpaired) electrons. The largest absolute Gasteiger partial charge is 0.410 e. The molecule has 30 heavy (non-hydrogen) atoms. The number of amides is 1. The molecule has 2 aromatic carbocycles. The first-order valence-electron chi connectivity index (χ1n) is 10.5. The van der Waals surface area contributed by atoms with Gasteiger partial charge in [0.2, 0.25) is 0 Å². The number of nitrogens with one attached hydrogen (secondary N) is 1. The Bertz CT molecular complexity index is 978. The highest BCUT2D eigenvalue weighted by atomic mass is 32.1. The molecule has 0 spiro atoms. The molecule has 3 N–H and O–H groups in total. The van der Waals surface area contributed by atoms with E-state index in [1.54, 1.807) is 11.3 Å². The maximum absolute atomic E-state index is 11.5. The number of thiophene rings is 1. The van der Waals surface area contributed by atoms with E-state index in [1.807, 2.05) is 18.2 Å². The van der Waals surface area contributed by atoms with Crippen LogP contribution >= 0.6 is 11.3 Å². The van der Waals surface area contributed by atoms with Crippen molar-refractivity contribution in [1.82, 2.24) is 5.32 Å². The molecule has 1 atom stereocenters. The lowest BCUT2D eigenvalue weighted by Gasteiger charge is -2.26. The first kappa shape index (κ1) is 20.8. The number of hydrogen-bond acceptors (Lipinski definition) is 5. The predicted octanol–water partition coefficient (Wildman–Crippen LogP) is 5.32. The van der Waals surface area contributed by atoms with Crippen molar-refractivity contribution in [2.24, 2.45) is 11.7 Å². The van der Waals surface area contributed by atoms with Gasteiger partial charge in [0, 0.05) is 40.9 Å². The van der Waals surface area contributed by atoms with Crippen molar-refractivity contribution in [2.75, 3.05) is 13.2 Å². The molecule has 0 saturated carbocycles. The summed E-state index contributed by atoms with van der Waals surface area (Å²) in [5, 5.41) is 4.85. The van der Waals surface area contributed by atoms with Gasteiger partial charge < -0.3 is 20.5 Å². The van der Waals surface area contributed by atoms with Gasteiger partial charge in [0.25, 0.3) is 0 Å². The van der Waals surface area contributed by atoms with Crippen LogP contribution in [0.5, 0.6) is 5.75 Å². The molecule has 1 aliphatic rings. The SMILES string of the molecule is CC(CC1CCOCC1)NCc1c(OC(N)=O)cccc1-c1cc2ccccc2s1. The zero-order chi connectivity index (χ0) is 20.9. The quantitative estimate of drug-likeness (QED) is 0.538. The number of primary amides is 1. The third-order valence-electron chi connectivity index (χ3n) is 5.69. The minimum atomic E-state index is -0.792. The summed E-state index contributed by atoms with van der Waals surface area (Å²) in [4.78, 5) is 12.6. The molecule has 0 bridgehead atoms. The van der Waals surface area contributed by atoms with Gasteiger partial charge in [-0.2, -0.15) is 0 Å². The Morgan fingerprint density at radius 3 is 2.80 bits per heavy atom. The second-order valence-corrected chi connectivity index (χ2v) is 9.01. The maximum Gasteiger partial charge on any atom is 0.409 e. The number of nitrogens with two attached hydrogens (primary N) is 1. The van der Waals surface area contributed by atoms with E-state index in [9.17, 15) is 4.79 Å². The topological polar surface area (TPSA) is 73.6 Å². The molecule has 2 heterocycles. The van der Waals surface area contributed by atoms with Gasteiger partial charge in [-0.1, -0.05) is 30.3 Å². The molecule has 0 aliphatic carbocycles. The lowest BCUT2D eigenvalue weighted by atomic mass is 9.93. The van der Waals surface area contributed by atoms with Crippen LogP contribution in [0, 0.1) is 5.92 Å². The Balaban J connectivity index is 1.58. The summed E-state index contributed by atoms with van der Waals surface area (Å²) >= 11 is 1.74. The second kappa shape index (κ2) is 9.60. The third-order valence-corrected chi connectivity index (χ3v) is 6.84. The molecule has 1 aliphatic heterocycles. The molecule has 3 aromatic rings. The summed E-state index contributed by atoms with van der Waals surface area (Å²) in [6.45, 7) is 4.55. The fraction of sp³-hybridized carbons (Fsp3) is 0.375. The number of fused-ring (bicyclic) bond motifs is 1. The Morgan fingerprint density at radius 2 is 2.03 bits per heavy atom. The Kier molecular flexibility index (Phi) is 6.67. The summed E-state index contributed by atoms with van der Waals surface area (Å²) < 4.78 is 12.1. The number of benzene rings is 2. The van der Waals surface area contributed by atoms with Crippen LogP contribution in [0.15, 0.2) is 48.5 Å². The van der Waals surface area contributed by atoms with Crippen molar-refractivity contribution in [2.45, 2.75) is 38.8 Å². The minimum Gasteiger partial charge on any atom is -0.410 e. The van der Waals surface area contributed by atoms with Gasteiger partial charge in [0.15, 0.2) is 0 Å². The minimum absolute atomic E-state index is 0.352. The summed E-state index contributed by atoms with van der Waals surface area (Å²) in [5.74, 6) is 1.21. The summed E-state index contributed by atoms with van der Waals surface area (Å²) in [6.07, 6.45) is 2.57. The summed E-state index contributed by atoms with van der Waals surface area (Å²) in [7, 11) is 0. The molecule has 1 amide bonds. The smallest absolute Gasteiger partial charge is 0.409 e. The number of carbonyl (C=O) groups excluding carboxylic acids is 1. The van der Waals surface area contributed by atoms with Crippen molar-refractivity contribution in [1.29, 1.82) is 0 Å². The molecule has 5 nitrogen and oxygen atoms in total. The maximum atomic E-state index is 11.5. The zero-order valence-electron chi connectivity index (χ0n) is 17.2. The van der Waals surface area contributed by atoms with E-state index in [0.29, 0.717) is 24.3 Å². The lowest BCUT2D eigenvalue weighted by Crippen LogP contribution is -2.30. The number of rotatable bonds is 7. The molecular formula is C24H28N2O3S. The average Bonchev–Trinajstić information content (AvgIpc) is 3.17. The molecular weight excluding hydrogens is 396 g/mol. The van der Waals surface area contributed by atoms with E-state index in [-0.39, 0.29) is 0 Å². The van der Waals surface area contributed by atoms with Gasteiger partial charge in [-0.05, 0) is 61.3 Å². The van der Waals surface area contributed by atoms with Gasteiger partial charge >= 0.3 is 6.09 Å². The van der Waals surface area contributed by atoms with E-state index >= 15 is 0 Å². The third kappa shape index (κ3) is 5.01. The standard InChI is InChI=1S/C24H28N2O3S/c1-16(13-17-9-11-28-12-10-17)26-15-20-19(6-4-7-21(20)29-24(25)27)23-14-18-5-2-3-8-22(18)30-23/h2-8,14,16-17,26H,9-13,15H2,1H3,(H2,25,27). The first-order chi connectivity index (χ1) is 14.6. The fourth-order valence-electron chi connectivity index (χ4n) is 4.14. The van der Waals surface area contributed by atoms with E-state index in [0.717, 1.165) is 48.5 Å². The normalized spacial score (nSPS) is 15.9. The molecule has 6 heteroatoms. The van der Waals surface area contributed by atoms with Crippen LogP contribution in [0.3, 0.4) is 0 Å². The van der Waals surface area contributed by atoms with Gasteiger partial charge in [0.05, 0.1) is 0 Å². The molecule has 1 saturated heterocycles. The zero-order valence-corrected chi connectivity index (χ0v) is 18.0. The van der Waals surface area contributed by atoms with Crippen LogP contribution in [0.1, 0.15) is 31.7 Å². The number of carbonyl (C=O) groups is 1. The van der Waals surface area contributed by atoms with Crippen molar-refractivity contribution < 1.29 is 14.3 Å². The number of ether oxygens (including phenoxy) is 2. The van der Waals surface area contributed by atoms with E-state index in [2.05, 4.69) is 42.6 Å². The predicted molar refractivity (Wildman–Crippen MR) is 122 cm³/mol. The van der Waals surface area contributed by atoms with Crippen LogP contribution in [-0.4, -0.2) is 25.3 Å². The molecule has 1 aromatic heterocycles. The average molecular weight is 425 g/mol. The van der Waals surface area contributed by atoms with Gasteiger partial charge in [0.1, 0.15) is 5.75 Å². The van der Waals surface area contributed by atoms with Crippen LogP contribution in [0.2, 0.25) is 0 Å². The van der Waals surface area contributed by atoms with Gasteiger partial charge in [-0.15, -0.1) is 11.3 Å². The van der Waals surface area contributed by atoms with Crippen LogP contribution < -0.4 is 15.8 Å². The van der Waals surface area contributed by atoms with Crippen molar-refractivity contribution in [3.05, 3.63) is 54.1 Å². The van der Waals surface area contributed by atoms with Crippen molar-refractivity contribution >= 4 is 27.5 Å².